The molecule has 0 aliphatic rings. The lowest BCUT2D eigenvalue weighted by Gasteiger charge is -2.14. The molecule has 118 valence electrons. The Morgan fingerprint density at radius 2 is 2.10 bits per heavy atom. The third-order valence-electron chi connectivity index (χ3n) is 2.85. The van der Waals surface area contributed by atoms with Crippen molar-refractivity contribution in [2.24, 2.45) is 4.99 Å². The molecule has 2 N–H and O–H groups in total. The highest BCUT2D eigenvalue weighted by Crippen LogP contribution is 2.14. The second-order valence-electron chi connectivity index (χ2n) is 5.34. The Balaban J connectivity index is 2.61. The third kappa shape index (κ3) is 7.59. The van der Waals surface area contributed by atoms with Gasteiger partial charge in [0.05, 0.1) is 13.2 Å². The van der Waals surface area contributed by atoms with Crippen LogP contribution in [0.2, 0.25) is 0 Å². The Morgan fingerprint density at radius 1 is 1.29 bits per heavy atom. The van der Waals surface area contributed by atoms with Crippen LogP contribution in [0.5, 0.6) is 5.75 Å². The van der Waals surface area contributed by atoms with E-state index in [1.54, 1.807) is 0 Å². The minimum atomic E-state index is 0.367. The molecule has 0 atom stereocenters. The molecular weight excluding hydrogens is 262 g/mol. The Kier molecular flexibility index (Phi) is 8.32. The molecule has 4 heteroatoms. The largest absolute Gasteiger partial charge is 0.494 e. The van der Waals surface area contributed by atoms with Gasteiger partial charge < -0.3 is 15.4 Å². The van der Waals surface area contributed by atoms with Gasteiger partial charge in [-0.2, -0.15) is 0 Å². The molecule has 0 unspecified atom stereocenters. The lowest BCUT2D eigenvalue weighted by molar-refractivity contribution is 0.309. The minimum Gasteiger partial charge on any atom is -0.494 e. The van der Waals surface area contributed by atoms with Gasteiger partial charge >= 0.3 is 0 Å². The molecule has 4 nitrogen and oxygen atoms in total. The van der Waals surface area contributed by atoms with Gasteiger partial charge in [-0.25, -0.2) is 4.99 Å². The minimum absolute atomic E-state index is 0.367. The van der Waals surface area contributed by atoms with Crippen LogP contribution in [0.4, 0.5) is 0 Å². The summed E-state index contributed by atoms with van der Waals surface area (Å²) in [6.07, 6.45) is 2.24. The van der Waals surface area contributed by atoms with E-state index in [4.69, 9.17) is 4.74 Å². The number of benzene rings is 1. The van der Waals surface area contributed by atoms with Gasteiger partial charge in [-0.1, -0.05) is 25.5 Å². The normalized spacial score (nSPS) is 11.6. The first-order chi connectivity index (χ1) is 10.2. The Bertz CT molecular complexity index is 430. The first-order valence-electron chi connectivity index (χ1n) is 7.92. The maximum absolute atomic E-state index is 5.73. The zero-order valence-corrected chi connectivity index (χ0v) is 13.8. The Labute approximate surface area is 129 Å². The van der Waals surface area contributed by atoms with Crippen LogP contribution in [0.25, 0.3) is 0 Å². The lowest BCUT2D eigenvalue weighted by atomic mass is 10.2. The van der Waals surface area contributed by atoms with Crippen LogP contribution >= 0.6 is 0 Å². The molecule has 0 aromatic heterocycles. The van der Waals surface area contributed by atoms with Crippen molar-refractivity contribution in [1.29, 1.82) is 0 Å². The van der Waals surface area contributed by atoms with Crippen molar-refractivity contribution in [2.75, 3.05) is 13.2 Å². The molecule has 0 spiro atoms. The van der Waals surface area contributed by atoms with E-state index in [0.717, 1.165) is 43.3 Å². The molecule has 0 aliphatic heterocycles. The topological polar surface area (TPSA) is 45.6 Å². The van der Waals surface area contributed by atoms with Crippen molar-refractivity contribution >= 4 is 5.96 Å². The fourth-order valence-corrected chi connectivity index (χ4v) is 1.83. The van der Waals surface area contributed by atoms with E-state index in [1.165, 1.54) is 0 Å². The summed E-state index contributed by atoms with van der Waals surface area (Å²) >= 11 is 0. The highest BCUT2D eigenvalue weighted by Gasteiger charge is 2.01. The van der Waals surface area contributed by atoms with Crippen molar-refractivity contribution in [3.05, 3.63) is 29.8 Å². The van der Waals surface area contributed by atoms with E-state index in [1.807, 2.05) is 12.1 Å². The predicted octanol–water partition coefficient (Wildman–Crippen LogP) is 3.33. The van der Waals surface area contributed by atoms with Gasteiger partial charge in [0, 0.05) is 12.6 Å². The Morgan fingerprint density at radius 3 is 2.76 bits per heavy atom. The van der Waals surface area contributed by atoms with Crippen molar-refractivity contribution in [3.63, 3.8) is 0 Å². The van der Waals surface area contributed by atoms with Crippen LogP contribution in [0.15, 0.2) is 29.3 Å². The molecule has 0 fully saturated rings. The molecule has 1 rings (SSSR count). The summed E-state index contributed by atoms with van der Waals surface area (Å²) in [5.41, 5.74) is 1.16. The molecule has 0 aliphatic carbocycles. The average Bonchev–Trinajstić information content (AvgIpc) is 2.45. The number of ether oxygens (including phenoxy) is 1. The number of unbranched alkanes of at least 4 members (excludes halogenated alkanes) is 1. The summed E-state index contributed by atoms with van der Waals surface area (Å²) in [6.45, 7) is 10.7. The number of nitrogens with zero attached hydrogens (tertiary/aromatic N) is 1. The predicted molar refractivity (Wildman–Crippen MR) is 89.9 cm³/mol. The number of nitrogens with one attached hydrogen (secondary N) is 2. The van der Waals surface area contributed by atoms with Crippen LogP contribution in [-0.4, -0.2) is 25.2 Å². The highest BCUT2D eigenvalue weighted by molar-refractivity contribution is 5.79. The summed E-state index contributed by atoms with van der Waals surface area (Å²) in [6, 6.07) is 8.54. The second-order valence-corrected chi connectivity index (χ2v) is 5.34. The number of guanidine groups is 1. The van der Waals surface area contributed by atoms with Gasteiger partial charge in [0.1, 0.15) is 5.75 Å². The summed E-state index contributed by atoms with van der Waals surface area (Å²) < 4.78 is 5.73. The molecule has 0 heterocycles. The summed E-state index contributed by atoms with van der Waals surface area (Å²) in [5, 5.41) is 6.56. The lowest BCUT2D eigenvalue weighted by Crippen LogP contribution is -2.40. The highest BCUT2D eigenvalue weighted by atomic mass is 16.5. The van der Waals surface area contributed by atoms with Crippen LogP contribution in [0.1, 0.15) is 46.1 Å². The molecule has 0 radical (unpaired) electrons. The molecule has 1 aromatic rings. The number of hydrogen-bond acceptors (Lipinski definition) is 2. The van der Waals surface area contributed by atoms with E-state index < -0.39 is 0 Å². The van der Waals surface area contributed by atoms with E-state index in [-0.39, 0.29) is 0 Å². The number of rotatable bonds is 8. The van der Waals surface area contributed by atoms with Crippen LogP contribution < -0.4 is 15.4 Å². The van der Waals surface area contributed by atoms with E-state index >= 15 is 0 Å². The molecule has 21 heavy (non-hydrogen) atoms. The van der Waals surface area contributed by atoms with Crippen LogP contribution in [0.3, 0.4) is 0 Å². The Hall–Kier alpha value is -1.71. The molecule has 0 saturated heterocycles. The van der Waals surface area contributed by atoms with Crippen molar-refractivity contribution in [2.45, 2.75) is 53.1 Å². The van der Waals surface area contributed by atoms with Gasteiger partial charge in [-0.15, -0.1) is 0 Å². The van der Waals surface area contributed by atoms with Crippen molar-refractivity contribution in [1.82, 2.24) is 10.6 Å². The third-order valence-corrected chi connectivity index (χ3v) is 2.85. The first-order valence-corrected chi connectivity index (χ1v) is 7.92. The number of aliphatic imine (C=N–C) groups is 1. The molecule has 0 amide bonds. The summed E-state index contributed by atoms with van der Waals surface area (Å²) in [4.78, 5) is 4.60. The summed E-state index contributed by atoms with van der Waals surface area (Å²) in [7, 11) is 0. The molecule has 0 saturated carbocycles. The smallest absolute Gasteiger partial charge is 0.191 e. The molecule has 1 aromatic carbocycles. The van der Waals surface area contributed by atoms with Gasteiger partial charge in [0.15, 0.2) is 5.96 Å². The second kappa shape index (κ2) is 10.1. The monoisotopic (exact) mass is 291 g/mol. The van der Waals surface area contributed by atoms with Crippen molar-refractivity contribution < 1.29 is 4.74 Å². The van der Waals surface area contributed by atoms with Crippen LogP contribution in [-0.2, 0) is 6.54 Å². The quantitative estimate of drug-likeness (QED) is 0.439. The van der Waals surface area contributed by atoms with Gasteiger partial charge in [-0.3, -0.25) is 0 Å². The van der Waals surface area contributed by atoms with E-state index in [2.05, 4.69) is 55.5 Å². The fraction of sp³-hybridized carbons (Fsp3) is 0.588. The number of hydrogen-bond donors (Lipinski definition) is 2. The SMILES string of the molecule is CCCCOc1cccc(CN=C(NCC)NC(C)C)c1. The first kappa shape index (κ1) is 17.3. The zero-order chi connectivity index (χ0) is 15.5. The molecular formula is C17H29N3O. The van der Waals surface area contributed by atoms with Gasteiger partial charge in [0.2, 0.25) is 0 Å². The standard InChI is InChI=1S/C17H29N3O/c1-5-7-11-21-16-10-8-9-15(12-16)13-19-17(18-6-2)20-14(3)4/h8-10,12,14H,5-7,11,13H2,1-4H3,(H2,18,19,20). The molecule has 0 bridgehead atoms. The van der Waals surface area contributed by atoms with E-state index in [0.29, 0.717) is 12.6 Å². The van der Waals surface area contributed by atoms with Crippen molar-refractivity contribution in [3.8, 4) is 5.75 Å². The van der Waals surface area contributed by atoms with Gasteiger partial charge in [0.25, 0.3) is 0 Å². The maximum Gasteiger partial charge on any atom is 0.191 e. The van der Waals surface area contributed by atoms with Gasteiger partial charge in [-0.05, 0) is 44.9 Å². The average molecular weight is 291 g/mol. The zero-order valence-electron chi connectivity index (χ0n) is 13.8. The fourth-order valence-electron chi connectivity index (χ4n) is 1.83. The van der Waals surface area contributed by atoms with E-state index in [9.17, 15) is 0 Å². The summed E-state index contributed by atoms with van der Waals surface area (Å²) in [5.74, 6) is 1.78. The maximum atomic E-state index is 5.73. The van der Waals surface area contributed by atoms with Crippen LogP contribution in [0, 0.1) is 0 Å².